The zero-order valence-corrected chi connectivity index (χ0v) is 24.3. The smallest absolute Gasteiger partial charge is 0.0803 e. The van der Waals surface area contributed by atoms with Crippen molar-refractivity contribution in [2.45, 2.75) is 0 Å². The summed E-state index contributed by atoms with van der Waals surface area (Å²) in [4.78, 5) is 2.33. The van der Waals surface area contributed by atoms with Gasteiger partial charge in [0.2, 0.25) is 0 Å². The molecule has 0 N–H and O–H groups in total. The van der Waals surface area contributed by atoms with Crippen LogP contribution in [0.15, 0.2) is 162 Å². The number of hydrogen-bond donors (Lipinski definition) is 0. The van der Waals surface area contributed by atoms with Gasteiger partial charge in [0.25, 0.3) is 0 Å². The number of aromatic nitrogens is 2. The van der Waals surface area contributed by atoms with Gasteiger partial charge < -0.3 is 14.0 Å². The molecule has 0 aliphatic heterocycles. The summed E-state index contributed by atoms with van der Waals surface area (Å²) in [7, 11) is 0. The molecule has 0 saturated heterocycles. The van der Waals surface area contributed by atoms with Crippen LogP contribution in [0.5, 0.6) is 0 Å². The molecule has 0 amide bonds. The summed E-state index contributed by atoms with van der Waals surface area (Å²) < 4.78 is 5.90. The van der Waals surface area contributed by atoms with Gasteiger partial charge in [0, 0.05) is 43.7 Å². The highest BCUT2D eigenvalue weighted by Crippen LogP contribution is 2.44. The van der Waals surface area contributed by atoms with Crippen molar-refractivity contribution in [3.05, 3.63) is 162 Å². The third kappa shape index (κ3) is 3.95. The van der Waals surface area contributed by atoms with E-state index in [0.717, 1.165) is 38.4 Å². The number of nitrogens with zero attached hydrogens (tertiary/aromatic N) is 3. The standard InChI is InChI=1S/C38H26BrN3/c39-27-21-23-33-35(25-27)41(30-17-9-3-10-18-30)38-34-24-22-32(26-36(34)42(37(33)38)31-19-11-4-12-20-31)40(28-13-5-1-6-14-28)29-15-7-2-8-16-29/h1-26H. The van der Waals surface area contributed by atoms with E-state index in [1.165, 1.54) is 27.3 Å². The topological polar surface area (TPSA) is 13.1 Å². The lowest BCUT2D eigenvalue weighted by Gasteiger charge is -2.25. The average molecular weight is 605 g/mol. The molecule has 0 aliphatic carbocycles. The van der Waals surface area contributed by atoms with Crippen molar-refractivity contribution in [2.75, 3.05) is 4.90 Å². The zero-order valence-electron chi connectivity index (χ0n) is 22.7. The van der Waals surface area contributed by atoms with E-state index in [1.807, 2.05) is 0 Å². The molecule has 8 aromatic rings. The fourth-order valence-corrected chi connectivity index (χ4v) is 6.52. The minimum atomic E-state index is 1.06. The first kappa shape index (κ1) is 24.7. The van der Waals surface area contributed by atoms with E-state index in [-0.39, 0.29) is 0 Å². The average Bonchev–Trinajstić information content (AvgIpc) is 3.54. The van der Waals surface area contributed by atoms with E-state index in [0.29, 0.717) is 0 Å². The molecule has 0 aliphatic rings. The fourth-order valence-electron chi connectivity index (χ4n) is 6.17. The van der Waals surface area contributed by atoms with Crippen molar-refractivity contribution < 1.29 is 0 Å². The maximum absolute atomic E-state index is 3.74. The van der Waals surface area contributed by atoms with Gasteiger partial charge in [0.1, 0.15) is 0 Å². The quantitative estimate of drug-likeness (QED) is 0.191. The van der Waals surface area contributed by atoms with Gasteiger partial charge in [-0.05, 0) is 84.9 Å². The van der Waals surface area contributed by atoms with Crippen LogP contribution >= 0.6 is 15.9 Å². The van der Waals surface area contributed by atoms with Crippen LogP contribution in [0.1, 0.15) is 0 Å². The van der Waals surface area contributed by atoms with Crippen LogP contribution in [0, 0.1) is 0 Å². The second kappa shape index (κ2) is 10.1. The Balaban J connectivity index is 1.51. The van der Waals surface area contributed by atoms with Crippen LogP contribution in [-0.4, -0.2) is 9.13 Å². The number of rotatable bonds is 5. The lowest BCUT2D eigenvalue weighted by molar-refractivity contribution is 1.17. The first-order valence-electron chi connectivity index (χ1n) is 14.1. The number of para-hydroxylation sites is 4. The summed E-state index contributed by atoms with van der Waals surface area (Å²) in [5.74, 6) is 0. The molecule has 0 bridgehead atoms. The maximum atomic E-state index is 3.74. The fraction of sp³-hybridized carbons (Fsp3) is 0. The molecule has 0 saturated carbocycles. The number of hydrogen-bond acceptors (Lipinski definition) is 1. The van der Waals surface area contributed by atoms with E-state index in [2.05, 4.69) is 188 Å². The molecule has 3 nitrogen and oxygen atoms in total. The molecule has 2 heterocycles. The van der Waals surface area contributed by atoms with Crippen LogP contribution in [0.2, 0.25) is 0 Å². The van der Waals surface area contributed by atoms with Crippen molar-refractivity contribution in [1.29, 1.82) is 0 Å². The molecule has 200 valence electrons. The van der Waals surface area contributed by atoms with Crippen LogP contribution < -0.4 is 4.90 Å². The van der Waals surface area contributed by atoms with E-state index < -0.39 is 0 Å². The maximum Gasteiger partial charge on any atom is 0.0803 e. The van der Waals surface area contributed by atoms with Crippen molar-refractivity contribution in [3.63, 3.8) is 0 Å². The number of anilines is 3. The van der Waals surface area contributed by atoms with Crippen molar-refractivity contribution in [1.82, 2.24) is 9.13 Å². The molecule has 0 spiro atoms. The Morgan fingerprint density at radius 2 is 0.833 bits per heavy atom. The van der Waals surface area contributed by atoms with Crippen LogP contribution in [0.3, 0.4) is 0 Å². The molecule has 2 aromatic heterocycles. The molecule has 8 rings (SSSR count). The molecular formula is C38H26BrN3. The highest BCUT2D eigenvalue weighted by molar-refractivity contribution is 9.10. The zero-order chi connectivity index (χ0) is 28.0. The molecule has 6 aromatic carbocycles. The number of fused-ring (bicyclic) bond motifs is 5. The summed E-state index contributed by atoms with van der Waals surface area (Å²) in [5, 5.41) is 2.41. The first-order valence-corrected chi connectivity index (χ1v) is 14.9. The highest BCUT2D eigenvalue weighted by Gasteiger charge is 2.23. The van der Waals surface area contributed by atoms with Crippen LogP contribution in [0.25, 0.3) is 44.2 Å². The minimum Gasteiger partial charge on any atom is -0.310 e. The van der Waals surface area contributed by atoms with Gasteiger partial charge in [-0.25, -0.2) is 0 Å². The highest BCUT2D eigenvalue weighted by atomic mass is 79.9. The summed E-state index contributed by atoms with van der Waals surface area (Å²) in [5.41, 5.74) is 10.4. The Morgan fingerprint density at radius 3 is 1.33 bits per heavy atom. The van der Waals surface area contributed by atoms with Gasteiger partial charge in [0.05, 0.1) is 22.1 Å². The molecule has 0 atom stereocenters. The molecule has 0 fully saturated rings. The Morgan fingerprint density at radius 1 is 0.405 bits per heavy atom. The normalized spacial score (nSPS) is 11.5. The van der Waals surface area contributed by atoms with Crippen LogP contribution in [0.4, 0.5) is 17.1 Å². The summed E-state index contributed by atoms with van der Waals surface area (Å²) in [6, 6.07) is 56.0. The van der Waals surface area contributed by atoms with Crippen molar-refractivity contribution in [3.8, 4) is 11.4 Å². The van der Waals surface area contributed by atoms with Gasteiger partial charge >= 0.3 is 0 Å². The summed E-state index contributed by atoms with van der Waals surface area (Å²) >= 11 is 3.74. The summed E-state index contributed by atoms with van der Waals surface area (Å²) in [6.45, 7) is 0. The Hall–Kier alpha value is -5.06. The molecule has 0 unspecified atom stereocenters. The van der Waals surface area contributed by atoms with E-state index >= 15 is 0 Å². The largest absolute Gasteiger partial charge is 0.310 e. The third-order valence-electron chi connectivity index (χ3n) is 7.92. The minimum absolute atomic E-state index is 1.06. The molecule has 0 radical (unpaired) electrons. The van der Waals surface area contributed by atoms with Crippen LogP contribution in [-0.2, 0) is 0 Å². The lowest BCUT2D eigenvalue weighted by Crippen LogP contribution is -2.09. The van der Waals surface area contributed by atoms with E-state index in [1.54, 1.807) is 0 Å². The third-order valence-corrected chi connectivity index (χ3v) is 8.41. The summed E-state index contributed by atoms with van der Waals surface area (Å²) in [6.07, 6.45) is 0. The van der Waals surface area contributed by atoms with Gasteiger partial charge in [-0.15, -0.1) is 0 Å². The number of halogens is 1. The Bertz CT molecular complexity index is 2140. The van der Waals surface area contributed by atoms with Gasteiger partial charge in [-0.2, -0.15) is 0 Å². The number of benzene rings is 6. The second-order valence-corrected chi connectivity index (χ2v) is 11.3. The van der Waals surface area contributed by atoms with Gasteiger partial charge in [-0.3, -0.25) is 0 Å². The monoisotopic (exact) mass is 603 g/mol. The lowest BCUT2D eigenvalue weighted by atomic mass is 10.1. The Kier molecular flexibility index (Phi) is 5.94. The van der Waals surface area contributed by atoms with Crippen molar-refractivity contribution in [2.24, 2.45) is 0 Å². The Labute approximate surface area is 252 Å². The molecular weight excluding hydrogens is 578 g/mol. The van der Waals surface area contributed by atoms with Gasteiger partial charge in [0.15, 0.2) is 0 Å². The predicted octanol–water partition coefficient (Wildman–Crippen LogP) is 11.0. The molecule has 42 heavy (non-hydrogen) atoms. The predicted molar refractivity (Wildman–Crippen MR) is 180 cm³/mol. The van der Waals surface area contributed by atoms with E-state index in [4.69, 9.17) is 0 Å². The van der Waals surface area contributed by atoms with Gasteiger partial charge in [-0.1, -0.05) is 88.7 Å². The first-order chi connectivity index (χ1) is 20.8. The second-order valence-electron chi connectivity index (χ2n) is 10.4. The SMILES string of the molecule is Brc1ccc2c(c1)n(-c1ccccc1)c1c3ccc(N(c4ccccc4)c4ccccc4)cc3n(-c3ccccc3)c21. The van der Waals surface area contributed by atoms with Crippen molar-refractivity contribution >= 4 is 65.8 Å². The van der Waals surface area contributed by atoms with E-state index in [9.17, 15) is 0 Å². The molecule has 4 heteroatoms.